The van der Waals surface area contributed by atoms with Crippen LogP contribution in [0.3, 0.4) is 0 Å². The summed E-state index contributed by atoms with van der Waals surface area (Å²) in [5.74, 6) is -0.0769. The standard InChI is InChI=1S/C13H14O4/c1-4-8-7(3)10-9(14)5-6(2)11(15)12(10)17-13(8)16/h5,14-15H,4H2,1-3H3. The van der Waals surface area contributed by atoms with Gasteiger partial charge in [0.2, 0.25) is 0 Å². The van der Waals surface area contributed by atoms with E-state index in [0.29, 0.717) is 28.5 Å². The van der Waals surface area contributed by atoms with Gasteiger partial charge in [0, 0.05) is 5.56 Å². The van der Waals surface area contributed by atoms with Crippen molar-refractivity contribution in [3.05, 3.63) is 33.2 Å². The van der Waals surface area contributed by atoms with Gasteiger partial charge >= 0.3 is 5.63 Å². The number of phenols is 2. The van der Waals surface area contributed by atoms with E-state index in [1.165, 1.54) is 6.07 Å². The summed E-state index contributed by atoms with van der Waals surface area (Å²) in [5, 5.41) is 20.2. The fraction of sp³-hybridized carbons (Fsp3) is 0.308. The molecule has 17 heavy (non-hydrogen) atoms. The molecule has 0 fully saturated rings. The average molecular weight is 234 g/mol. The van der Waals surface area contributed by atoms with Crippen molar-refractivity contribution in [1.29, 1.82) is 0 Å². The first-order valence-electron chi connectivity index (χ1n) is 5.45. The van der Waals surface area contributed by atoms with E-state index in [-0.39, 0.29) is 17.1 Å². The van der Waals surface area contributed by atoms with Crippen molar-refractivity contribution in [2.24, 2.45) is 0 Å². The number of rotatable bonds is 1. The van der Waals surface area contributed by atoms with Gasteiger partial charge < -0.3 is 14.6 Å². The third-order valence-electron chi connectivity index (χ3n) is 3.05. The average Bonchev–Trinajstić information content (AvgIpc) is 2.25. The summed E-state index contributed by atoms with van der Waals surface area (Å²) < 4.78 is 5.09. The summed E-state index contributed by atoms with van der Waals surface area (Å²) >= 11 is 0. The molecule has 0 saturated carbocycles. The van der Waals surface area contributed by atoms with E-state index < -0.39 is 5.63 Å². The highest BCUT2D eigenvalue weighted by molar-refractivity contribution is 5.92. The lowest BCUT2D eigenvalue weighted by molar-refractivity contribution is 0.443. The SMILES string of the molecule is CCc1c(C)c2c(O)cc(C)c(O)c2oc1=O. The summed E-state index contributed by atoms with van der Waals surface area (Å²) in [5.41, 5.74) is 1.25. The lowest BCUT2D eigenvalue weighted by Crippen LogP contribution is -2.09. The van der Waals surface area contributed by atoms with Gasteiger partial charge in [0.15, 0.2) is 11.3 Å². The first-order valence-corrected chi connectivity index (χ1v) is 5.45. The predicted molar refractivity (Wildman–Crippen MR) is 64.7 cm³/mol. The number of aromatic hydroxyl groups is 2. The van der Waals surface area contributed by atoms with Crippen LogP contribution in [0.15, 0.2) is 15.3 Å². The van der Waals surface area contributed by atoms with Gasteiger partial charge in [0.05, 0.1) is 5.39 Å². The molecule has 1 heterocycles. The molecule has 1 aromatic heterocycles. The number of hydrogen-bond acceptors (Lipinski definition) is 4. The summed E-state index contributed by atoms with van der Waals surface area (Å²) in [4.78, 5) is 11.7. The second-order valence-corrected chi connectivity index (χ2v) is 4.11. The van der Waals surface area contributed by atoms with Crippen LogP contribution in [0.25, 0.3) is 11.0 Å². The first-order chi connectivity index (χ1) is 7.97. The Hall–Kier alpha value is -1.97. The maximum absolute atomic E-state index is 11.7. The fourth-order valence-corrected chi connectivity index (χ4v) is 2.09. The monoisotopic (exact) mass is 234 g/mol. The van der Waals surface area contributed by atoms with Gasteiger partial charge in [-0.15, -0.1) is 0 Å². The van der Waals surface area contributed by atoms with Gasteiger partial charge in [-0.2, -0.15) is 0 Å². The van der Waals surface area contributed by atoms with Gasteiger partial charge in [0.1, 0.15) is 5.75 Å². The van der Waals surface area contributed by atoms with Crippen LogP contribution in [0, 0.1) is 13.8 Å². The summed E-state index contributed by atoms with van der Waals surface area (Å²) in [6.45, 7) is 5.22. The molecule has 0 aliphatic carbocycles. The molecule has 0 aliphatic rings. The third-order valence-corrected chi connectivity index (χ3v) is 3.05. The highest BCUT2D eigenvalue weighted by Gasteiger charge is 2.17. The van der Waals surface area contributed by atoms with Crippen molar-refractivity contribution in [2.75, 3.05) is 0 Å². The molecule has 2 rings (SSSR count). The fourth-order valence-electron chi connectivity index (χ4n) is 2.09. The van der Waals surface area contributed by atoms with Crippen molar-refractivity contribution in [3.8, 4) is 11.5 Å². The zero-order chi connectivity index (χ0) is 12.7. The van der Waals surface area contributed by atoms with Gasteiger partial charge in [-0.1, -0.05) is 6.92 Å². The highest BCUT2D eigenvalue weighted by atomic mass is 16.4. The number of phenolic OH excluding ortho intramolecular Hbond substituents is 2. The Morgan fingerprint density at radius 2 is 1.94 bits per heavy atom. The van der Waals surface area contributed by atoms with E-state index >= 15 is 0 Å². The lowest BCUT2D eigenvalue weighted by Gasteiger charge is -2.10. The molecule has 0 amide bonds. The second-order valence-electron chi connectivity index (χ2n) is 4.11. The minimum absolute atomic E-state index is 0.0197. The summed E-state index contributed by atoms with van der Waals surface area (Å²) in [6, 6.07) is 1.46. The van der Waals surface area contributed by atoms with Gasteiger partial charge in [-0.3, -0.25) is 0 Å². The second kappa shape index (κ2) is 3.80. The van der Waals surface area contributed by atoms with Crippen LogP contribution in [-0.4, -0.2) is 10.2 Å². The molecule has 2 aromatic rings. The quantitative estimate of drug-likeness (QED) is 0.587. The van der Waals surface area contributed by atoms with Crippen molar-refractivity contribution in [1.82, 2.24) is 0 Å². The first kappa shape index (κ1) is 11.5. The van der Waals surface area contributed by atoms with E-state index in [0.717, 1.165) is 0 Å². The minimum Gasteiger partial charge on any atom is -0.507 e. The van der Waals surface area contributed by atoms with E-state index in [2.05, 4.69) is 0 Å². The molecule has 2 N–H and O–H groups in total. The maximum Gasteiger partial charge on any atom is 0.339 e. The van der Waals surface area contributed by atoms with Crippen molar-refractivity contribution in [2.45, 2.75) is 27.2 Å². The van der Waals surface area contributed by atoms with E-state index in [1.807, 2.05) is 6.92 Å². The molecule has 0 saturated heterocycles. The van der Waals surface area contributed by atoms with Gasteiger partial charge in [-0.05, 0) is 37.5 Å². The molecular weight excluding hydrogens is 220 g/mol. The number of aryl methyl sites for hydroxylation is 2. The van der Waals surface area contributed by atoms with Crippen LogP contribution in [0.4, 0.5) is 0 Å². The predicted octanol–water partition coefficient (Wildman–Crippen LogP) is 2.38. The lowest BCUT2D eigenvalue weighted by atomic mass is 10.0. The van der Waals surface area contributed by atoms with Crippen LogP contribution in [0.2, 0.25) is 0 Å². The zero-order valence-electron chi connectivity index (χ0n) is 10.00. The van der Waals surface area contributed by atoms with Crippen LogP contribution in [-0.2, 0) is 6.42 Å². The van der Waals surface area contributed by atoms with Crippen molar-refractivity contribution in [3.63, 3.8) is 0 Å². The molecule has 90 valence electrons. The van der Waals surface area contributed by atoms with Crippen LogP contribution in [0.5, 0.6) is 11.5 Å². The Labute approximate surface area is 98.1 Å². The van der Waals surface area contributed by atoms with Crippen molar-refractivity contribution >= 4 is 11.0 Å². The molecule has 0 atom stereocenters. The van der Waals surface area contributed by atoms with Crippen LogP contribution in [0.1, 0.15) is 23.6 Å². The summed E-state index contributed by atoms with van der Waals surface area (Å²) in [7, 11) is 0. The Kier molecular flexibility index (Phi) is 2.58. The summed E-state index contributed by atoms with van der Waals surface area (Å²) in [6.07, 6.45) is 0.526. The van der Waals surface area contributed by atoms with Crippen LogP contribution < -0.4 is 5.63 Å². The number of hydrogen-bond donors (Lipinski definition) is 2. The van der Waals surface area contributed by atoms with Gasteiger partial charge in [0.25, 0.3) is 0 Å². The van der Waals surface area contributed by atoms with Crippen LogP contribution >= 0.6 is 0 Å². The maximum atomic E-state index is 11.7. The smallest absolute Gasteiger partial charge is 0.339 e. The molecule has 0 bridgehead atoms. The third kappa shape index (κ3) is 1.56. The minimum atomic E-state index is -0.460. The molecule has 0 unspecified atom stereocenters. The van der Waals surface area contributed by atoms with Crippen molar-refractivity contribution < 1.29 is 14.6 Å². The molecule has 1 aromatic carbocycles. The van der Waals surface area contributed by atoms with E-state index in [9.17, 15) is 15.0 Å². The normalized spacial score (nSPS) is 11.0. The highest BCUT2D eigenvalue weighted by Crippen LogP contribution is 2.36. The Bertz CT molecular complexity index is 653. The number of fused-ring (bicyclic) bond motifs is 1. The molecule has 4 nitrogen and oxygen atoms in total. The van der Waals surface area contributed by atoms with E-state index in [4.69, 9.17) is 4.42 Å². The molecule has 4 heteroatoms. The van der Waals surface area contributed by atoms with Gasteiger partial charge in [-0.25, -0.2) is 4.79 Å². The largest absolute Gasteiger partial charge is 0.507 e. The molecular formula is C13H14O4. The molecule has 0 radical (unpaired) electrons. The Balaban J connectivity index is 3.07. The molecule has 0 spiro atoms. The topological polar surface area (TPSA) is 70.7 Å². The Morgan fingerprint density at radius 1 is 1.29 bits per heavy atom. The molecule has 0 aliphatic heterocycles. The number of benzene rings is 1. The zero-order valence-corrected chi connectivity index (χ0v) is 10.00. The Morgan fingerprint density at radius 3 is 2.53 bits per heavy atom. The van der Waals surface area contributed by atoms with E-state index in [1.54, 1.807) is 13.8 Å².